The molecule has 1 aliphatic heterocycles. The molecule has 1 fully saturated rings. The smallest absolute Gasteiger partial charge is 0.194 e. The number of benzene rings is 1. The molecule has 3 rings (SSSR count). The van der Waals surface area contributed by atoms with E-state index in [9.17, 15) is 0 Å². The molecule has 2 aromatic rings. The van der Waals surface area contributed by atoms with Gasteiger partial charge in [0, 0.05) is 59.5 Å². The molecule has 27 heavy (non-hydrogen) atoms. The highest BCUT2D eigenvalue weighted by atomic mass is 127. The van der Waals surface area contributed by atoms with E-state index in [1.807, 2.05) is 19.2 Å². The molecular weight excluding hydrogens is 457 g/mol. The van der Waals surface area contributed by atoms with Crippen LogP contribution >= 0.6 is 24.0 Å². The van der Waals surface area contributed by atoms with E-state index in [1.165, 1.54) is 11.1 Å². The summed E-state index contributed by atoms with van der Waals surface area (Å²) in [7, 11) is 3.56. The minimum absolute atomic E-state index is 0. The summed E-state index contributed by atoms with van der Waals surface area (Å²) in [5, 5.41) is 7.48. The highest BCUT2D eigenvalue weighted by Gasteiger charge is 2.20. The predicted molar refractivity (Wildman–Crippen MR) is 116 cm³/mol. The Morgan fingerprint density at radius 3 is 2.56 bits per heavy atom. The fourth-order valence-corrected chi connectivity index (χ4v) is 3.20. The second-order valence-electron chi connectivity index (χ2n) is 6.36. The van der Waals surface area contributed by atoms with Gasteiger partial charge in [0.1, 0.15) is 6.26 Å². The van der Waals surface area contributed by atoms with Gasteiger partial charge < -0.3 is 19.5 Å². The highest BCUT2D eigenvalue weighted by Crippen LogP contribution is 2.11. The summed E-state index contributed by atoms with van der Waals surface area (Å²) in [6.45, 7) is 6.04. The van der Waals surface area contributed by atoms with Crippen molar-refractivity contribution in [1.29, 1.82) is 0 Å². The molecular formula is C19H28IN5O2. The lowest BCUT2D eigenvalue weighted by atomic mass is 10.1. The van der Waals surface area contributed by atoms with Crippen LogP contribution in [0.3, 0.4) is 0 Å². The summed E-state index contributed by atoms with van der Waals surface area (Å²) in [5.41, 5.74) is 3.42. The lowest BCUT2D eigenvalue weighted by Gasteiger charge is -2.36. The number of piperazine rings is 1. The van der Waals surface area contributed by atoms with Crippen molar-refractivity contribution in [3.63, 3.8) is 0 Å². The molecule has 1 aliphatic rings. The van der Waals surface area contributed by atoms with E-state index in [0.717, 1.165) is 50.9 Å². The summed E-state index contributed by atoms with van der Waals surface area (Å²) < 4.78 is 10.2. The molecule has 0 aliphatic carbocycles. The first-order valence-electron chi connectivity index (χ1n) is 8.93. The molecule has 148 valence electrons. The molecule has 1 N–H and O–H groups in total. The van der Waals surface area contributed by atoms with Crippen LogP contribution in [-0.4, -0.2) is 61.3 Å². The molecule has 0 unspecified atom stereocenters. The number of hydrogen-bond donors (Lipinski definition) is 1. The van der Waals surface area contributed by atoms with E-state index in [2.05, 4.69) is 43.5 Å². The van der Waals surface area contributed by atoms with Crippen molar-refractivity contribution in [3.8, 4) is 0 Å². The Morgan fingerprint density at radius 2 is 1.93 bits per heavy atom. The van der Waals surface area contributed by atoms with Crippen molar-refractivity contribution >= 4 is 29.9 Å². The molecule has 7 nitrogen and oxygen atoms in total. The first-order valence-corrected chi connectivity index (χ1v) is 8.93. The monoisotopic (exact) mass is 485 g/mol. The van der Waals surface area contributed by atoms with E-state index in [4.69, 9.17) is 9.26 Å². The molecule has 2 heterocycles. The zero-order chi connectivity index (χ0) is 18.2. The first-order chi connectivity index (χ1) is 12.8. The van der Waals surface area contributed by atoms with E-state index in [0.29, 0.717) is 6.61 Å². The third-order valence-corrected chi connectivity index (χ3v) is 4.62. The summed E-state index contributed by atoms with van der Waals surface area (Å²) in [6, 6.07) is 10.3. The van der Waals surface area contributed by atoms with Gasteiger partial charge in [-0.1, -0.05) is 29.4 Å². The molecule has 0 amide bonds. The molecule has 0 spiro atoms. The molecule has 0 atom stereocenters. The van der Waals surface area contributed by atoms with Crippen molar-refractivity contribution in [3.05, 3.63) is 53.4 Å². The second kappa shape index (κ2) is 11.3. The van der Waals surface area contributed by atoms with Gasteiger partial charge >= 0.3 is 0 Å². The zero-order valence-electron chi connectivity index (χ0n) is 15.9. The molecule has 1 aromatic carbocycles. The summed E-state index contributed by atoms with van der Waals surface area (Å²) in [5.74, 6) is 0.943. The van der Waals surface area contributed by atoms with E-state index >= 15 is 0 Å². The molecule has 0 bridgehead atoms. The quantitative estimate of drug-likeness (QED) is 0.385. The van der Waals surface area contributed by atoms with Gasteiger partial charge in [-0.3, -0.25) is 9.89 Å². The van der Waals surface area contributed by atoms with Crippen LogP contribution in [-0.2, 0) is 24.4 Å². The third kappa shape index (κ3) is 6.18. The van der Waals surface area contributed by atoms with Gasteiger partial charge in [-0.05, 0) is 11.1 Å². The number of aromatic nitrogens is 1. The van der Waals surface area contributed by atoms with Crippen LogP contribution in [0.15, 0.2) is 46.1 Å². The van der Waals surface area contributed by atoms with Crippen molar-refractivity contribution < 1.29 is 9.26 Å². The fraction of sp³-hybridized carbons (Fsp3) is 0.474. The number of rotatable bonds is 6. The minimum atomic E-state index is 0. The highest BCUT2D eigenvalue weighted by molar-refractivity contribution is 14.0. The SMILES string of the molecule is CN=C(NCc1ccccc1COC)N1CCN(Cc2ccon2)CC1.I. The van der Waals surface area contributed by atoms with Gasteiger partial charge in [0.05, 0.1) is 12.3 Å². The Kier molecular flexibility index (Phi) is 9.02. The summed E-state index contributed by atoms with van der Waals surface area (Å²) >= 11 is 0. The maximum absolute atomic E-state index is 5.29. The number of nitrogens with zero attached hydrogens (tertiary/aromatic N) is 4. The zero-order valence-corrected chi connectivity index (χ0v) is 18.3. The van der Waals surface area contributed by atoms with E-state index in [1.54, 1.807) is 13.4 Å². The molecule has 8 heteroatoms. The van der Waals surface area contributed by atoms with Gasteiger partial charge in [0.2, 0.25) is 0 Å². The van der Waals surface area contributed by atoms with Crippen LogP contribution in [0.25, 0.3) is 0 Å². The maximum Gasteiger partial charge on any atom is 0.194 e. The summed E-state index contributed by atoms with van der Waals surface area (Å²) in [4.78, 5) is 9.15. The topological polar surface area (TPSA) is 66.1 Å². The molecule has 1 saturated heterocycles. The van der Waals surface area contributed by atoms with Crippen molar-refractivity contribution in [2.45, 2.75) is 19.7 Å². The number of aliphatic imine (C=N–C) groups is 1. The van der Waals surface area contributed by atoms with Crippen LogP contribution in [0.5, 0.6) is 0 Å². The van der Waals surface area contributed by atoms with Crippen LogP contribution in [0, 0.1) is 0 Å². The van der Waals surface area contributed by atoms with Gasteiger partial charge in [0.15, 0.2) is 5.96 Å². The second-order valence-corrected chi connectivity index (χ2v) is 6.36. The predicted octanol–water partition coefficient (Wildman–Crippen LogP) is 2.33. The number of halogens is 1. The Balaban J connectivity index is 0.00000261. The summed E-state index contributed by atoms with van der Waals surface area (Å²) in [6.07, 6.45) is 1.62. The number of ether oxygens (including phenoxy) is 1. The van der Waals surface area contributed by atoms with Crippen molar-refractivity contribution in [2.24, 2.45) is 4.99 Å². The van der Waals surface area contributed by atoms with Crippen molar-refractivity contribution in [2.75, 3.05) is 40.3 Å². The van der Waals surface area contributed by atoms with Gasteiger partial charge in [-0.2, -0.15) is 0 Å². The largest absolute Gasteiger partial charge is 0.380 e. The van der Waals surface area contributed by atoms with Crippen molar-refractivity contribution in [1.82, 2.24) is 20.3 Å². The lowest BCUT2D eigenvalue weighted by molar-refractivity contribution is 0.169. The van der Waals surface area contributed by atoms with Gasteiger partial charge in [0.25, 0.3) is 0 Å². The third-order valence-electron chi connectivity index (χ3n) is 4.62. The van der Waals surface area contributed by atoms with Crippen LogP contribution in [0.2, 0.25) is 0 Å². The molecule has 0 saturated carbocycles. The number of hydrogen-bond acceptors (Lipinski definition) is 5. The normalized spacial score (nSPS) is 15.5. The van der Waals surface area contributed by atoms with Gasteiger partial charge in [-0.15, -0.1) is 24.0 Å². The van der Waals surface area contributed by atoms with Crippen LogP contribution in [0.1, 0.15) is 16.8 Å². The first kappa shape index (κ1) is 21.6. The Morgan fingerprint density at radius 1 is 1.19 bits per heavy atom. The average Bonchev–Trinajstić information content (AvgIpc) is 3.18. The van der Waals surface area contributed by atoms with E-state index < -0.39 is 0 Å². The lowest BCUT2D eigenvalue weighted by Crippen LogP contribution is -2.52. The fourth-order valence-electron chi connectivity index (χ4n) is 3.20. The Bertz CT molecular complexity index is 700. The Hall–Kier alpha value is -1.65. The average molecular weight is 485 g/mol. The van der Waals surface area contributed by atoms with E-state index in [-0.39, 0.29) is 24.0 Å². The minimum Gasteiger partial charge on any atom is -0.380 e. The van der Waals surface area contributed by atoms with Crippen LogP contribution in [0.4, 0.5) is 0 Å². The molecule has 0 radical (unpaired) electrons. The standard InChI is InChI=1S/C19H27N5O2.HI/c1-20-19(21-13-16-5-3-4-6-17(16)15-25-2)24-10-8-23(9-11-24)14-18-7-12-26-22-18;/h3-7,12H,8-11,13-15H2,1-2H3,(H,20,21);1H. The van der Waals surface area contributed by atoms with Gasteiger partial charge in [-0.25, -0.2) is 0 Å². The maximum atomic E-state index is 5.29. The Labute approximate surface area is 177 Å². The number of nitrogens with one attached hydrogen (secondary N) is 1. The number of guanidine groups is 1. The van der Waals surface area contributed by atoms with Crippen LogP contribution < -0.4 is 5.32 Å². The number of methoxy groups -OCH3 is 1. The molecule has 1 aromatic heterocycles.